The van der Waals surface area contributed by atoms with Gasteiger partial charge in [0.25, 0.3) is 0 Å². The van der Waals surface area contributed by atoms with E-state index in [4.69, 9.17) is 0 Å². The molecule has 1 heterocycles. The monoisotopic (exact) mass is 524 g/mol. The molecule has 0 aliphatic heterocycles. The van der Waals surface area contributed by atoms with Crippen LogP contribution in [0.5, 0.6) is 0 Å². The van der Waals surface area contributed by atoms with Crippen LogP contribution in [-0.2, 0) is 16.6 Å². The number of para-hydroxylation sites is 1. The molecule has 3 heteroatoms. The summed E-state index contributed by atoms with van der Waals surface area (Å²) in [5, 5.41) is 1.44. The Morgan fingerprint density at radius 1 is 0.949 bits per heavy atom. The predicted octanol–water partition coefficient (Wildman–Crippen LogP) is 8.93. The molecule has 208 valence electrons. The van der Waals surface area contributed by atoms with Gasteiger partial charge >= 0.3 is 0 Å². The van der Waals surface area contributed by atoms with Crippen LogP contribution in [0, 0.1) is 45.8 Å². The zero-order valence-corrected chi connectivity index (χ0v) is 25.1. The molecule has 1 aromatic carbocycles. The second kappa shape index (κ2) is 8.00. The number of hydrogen-bond acceptors (Lipinski definition) is 2. The molecule has 0 unspecified atom stereocenters. The second-order valence-electron chi connectivity index (χ2n) is 15.9. The molecule has 5 aliphatic rings. The number of carbonyl (C=O) groups excluding carboxylic acids is 1. The van der Waals surface area contributed by atoms with E-state index in [1.807, 2.05) is 6.08 Å². The fourth-order valence-corrected chi connectivity index (χ4v) is 12.7. The Hall–Kier alpha value is -2.12. The van der Waals surface area contributed by atoms with Crippen molar-refractivity contribution in [3.05, 3.63) is 47.7 Å². The lowest BCUT2D eigenvalue weighted by Crippen LogP contribution is -2.67. The van der Waals surface area contributed by atoms with E-state index >= 15 is 0 Å². The molecule has 0 bridgehead atoms. The lowest BCUT2D eigenvalue weighted by Gasteiger charge is -2.72. The van der Waals surface area contributed by atoms with Crippen LogP contribution in [0.15, 0.2) is 41.4 Å². The molecule has 0 radical (unpaired) electrons. The number of aromatic nitrogens is 1. The van der Waals surface area contributed by atoms with Crippen molar-refractivity contribution >= 4 is 17.0 Å². The lowest BCUT2D eigenvalue weighted by molar-refractivity contribution is -0.217. The summed E-state index contributed by atoms with van der Waals surface area (Å²) in [6.45, 7) is 19.8. The van der Waals surface area contributed by atoms with Crippen LogP contribution in [0.1, 0.15) is 104 Å². The summed E-state index contributed by atoms with van der Waals surface area (Å²) in [7, 11) is 0. The van der Waals surface area contributed by atoms with Crippen LogP contribution in [0.4, 0.5) is 0 Å². The maximum Gasteiger partial charge on any atom is 0.235 e. The minimum Gasteiger partial charge on any atom is -0.358 e. The molecule has 0 saturated heterocycles. The van der Waals surface area contributed by atoms with Crippen molar-refractivity contribution in [3.8, 4) is 0 Å². The molecular weight excluding hydrogens is 476 g/mol. The Morgan fingerprint density at radius 3 is 2.46 bits per heavy atom. The number of H-pyrrole nitrogens is 1. The quantitative estimate of drug-likeness (QED) is 0.238. The van der Waals surface area contributed by atoms with Gasteiger partial charge in [0.1, 0.15) is 0 Å². The average molecular weight is 525 g/mol. The molecule has 3 nitrogen and oxygen atoms in total. The molecule has 4 fully saturated rings. The number of allylic oxidation sites excluding steroid dienone is 1. The minimum atomic E-state index is -0.203. The van der Waals surface area contributed by atoms with Crippen molar-refractivity contribution < 1.29 is 4.79 Å². The summed E-state index contributed by atoms with van der Waals surface area (Å²) in [6.07, 6.45) is 12.8. The zero-order valence-electron chi connectivity index (χ0n) is 25.1. The first-order valence-corrected chi connectivity index (χ1v) is 15.8. The van der Waals surface area contributed by atoms with Crippen LogP contribution in [0.3, 0.4) is 0 Å². The van der Waals surface area contributed by atoms with Gasteiger partial charge in [0.15, 0.2) is 0 Å². The van der Waals surface area contributed by atoms with Crippen LogP contribution >= 0.6 is 0 Å². The number of nitrogens with zero attached hydrogens (tertiary/aromatic N) is 1. The van der Waals surface area contributed by atoms with Gasteiger partial charge in [-0.15, -0.1) is 0 Å². The molecule has 0 amide bonds. The smallest absolute Gasteiger partial charge is 0.235 e. The largest absolute Gasteiger partial charge is 0.358 e. The highest BCUT2D eigenvalue weighted by molar-refractivity contribution is 5.85. The summed E-state index contributed by atoms with van der Waals surface area (Å²) in [5.41, 5.74) is 6.47. The van der Waals surface area contributed by atoms with E-state index in [1.54, 1.807) is 5.56 Å². The SMILES string of the molecule is C=C(C)[C@@H]1CC[C@]2(N=C=O)CC[C@]3(C)[C@H](CC[C@@H]4[C@@]5(C)Cc6c([nH]c7ccccc67)C(C)(C)[C@@H]5CC[C@]43C)[C@@H]12. The van der Waals surface area contributed by atoms with Crippen molar-refractivity contribution in [3.63, 3.8) is 0 Å². The summed E-state index contributed by atoms with van der Waals surface area (Å²) in [4.78, 5) is 20.3. The normalized spacial score (nSPS) is 45.7. The maximum absolute atomic E-state index is 11.7. The van der Waals surface area contributed by atoms with Gasteiger partial charge in [-0.3, -0.25) is 0 Å². The van der Waals surface area contributed by atoms with Crippen molar-refractivity contribution in [2.45, 2.75) is 110 Å². The number of nitrogens with one attached hydrogen (secondary N) is 1. The third-order valence-electron chi connectivity index (χ3n) is 14.4. The van der Waals surface area contributed by atoms with E-state index in [-0.39, 0.29) is 21.8 Å². The Labute approximate surface area is 235 Å². The van der Waals surface area contributed by atoms with Gasteiger partial charge in [-0.05, 0) is 122 Å². The van der Waals surface area contributed by atoms with E-state index in [2.05, 4.69) is 82.4 Å². The predicted molar refractivity (Wildman–Crippen MR) is 159 cm³/mol. The summed E-state index contributed by atoms with van der Waals surface area (Å²) in [5.74, 6) is 2.93. The van der Waals surface area contributed by atoms with Gasteiger partial charge < -0.3 is 4.98 Å². The molecule has 1 aromatic heterocycles. The number of isocyanates is 1. The molecule has 5 aliphatic carbocycles. The molecule has 4 saturated carbocycles. The molecule has 39 heavy (non-hydrogen) atoms. The molecule has 9 atom stereocenters. The van der Waals surface area contributed by atoms with Crippen molar-refractivity contribution in [1.29, 1.82) is 0 Å². The van der Waals surface area contributed by atoms with Crippen molar-refractivity contribution in [2.24, 2.45) is 50.8 Å². The molecule has 7 rings (SSSR count). The van der Waals surface area contributed by atoms with Crippen molar-refractivity contribution in [2.75, 3.05) is 0 Å². The third kappa shape index (κ3) is 3.01. The molecule has 0 spiro atoms. The number of benzene rings is 1. The van der Waals surface area contributed by atoms with E-state index < -0.39 is 0 Å². The van der Waals surface area contributed by atoms with Gasteiger partial charge in [0, 0.05) is 22.0 Å². The summed E-state index contributed by atoms with van der Waals surface area (Å²) in [6, 6.07) is 8.99. The van der Waals surface area contributed by atoms with Gasteiger partial charge in [-0.1, -0.05) is 65.0 Å². The first-order chi connectivity index (χ1) is 18.4. The number of aromatic amines is 1. The highest BCUT2D eigenvalue weighted by atomic mass is 16.1. The van der Waals surface area contributed by atoms with Gasteiger partial charge in [0.2, 0.25) is 6.08 Å². The number of aliphatic imine (C=N–C) groups is 1. The third-order valence-corrected chi connectivity index (χ3v) is 14.4. The van der Waals surface area contributed by atoms with Gasteiger partial charge in [0.05, 0.1) is 5.54 Å². The topological polar surface area (TPSA) is 45.2 Å². The van der Waals surface area contributed by atoms with Crippen LogP contribution in [-0.4, -0.2) is 16.6 Å². The van der Waals surface area contributed by atoms with E-state index in [0.29, 0.717) is 35.0 Å². The number of hydrogen-bond donors (Lipinski definition) is 1. The van der Waals surface area contributed by atoms with Crippen LogP contribution in [0.25, 0.3) is 10.9 Å². The first kappa shape index (κ1) is 25.8. The minimum absolute atomic E-state index is 0.136. The van der Waals surface area contributed by atoms with Crippen molar-refractivity contribution in [1.82, 2.24) is 4.98 Å². The lowest BCUT2D eigenvalue weighted by atomic mass is 9.33. The Bertz CT molecular complexity index is 1410. The molecule has 2 aromatic rings. The van der Waals surface area contributed by atoms with E-state index in [9.17, 15) is 4.79 Å². The summed E-state index contributed by atoms with van der Waals surface area (Å²) >= 11 is 0. The molecular formula is C36H48N2O. The van der Waals surface area contributed by atoms with Gasteiger partial charge in [-0.25, -0.2) is 4.79 Å². The van der Waals surface area contributed by atoms with E-state index in [0.717, 1.165) is 19.3 Å². The maximum atomic E-state index is 11.7. The fourth-order valence-electron chi connectivity index (χ4n) is 12.7. The number of rotatable bonds is 2. The summed E-state index contributed by atoms with van der Waals surface area (Å²) < 4.78 is 0. The Balaban J connectivity index is 1.33. The average Bonchev–Trinajstić information content (AvgIpc) is 3.44. The Kier molecular flexibility index (Phi) is 5.30. The van der Waals surface area contributed by atoms with E-state index in [1.165, 1.54) is 60.7 Å². The standard InChI is InChI=1S/C36H48N2O/c1-22(2)23-14-17-36(37-21-39)19-18-34(6)26(30(23)36)12-13-29-33(5)20-25-24-10-8-9-11-27(24)38-31(25)32(3,4)28(33)15-16-35(29,34)7/h8-11,23,26,28-30,38H,1,12-20H2,2-7H3/t23-,26+,28-,29+,30+,33-,34+,35+,36-/m0/s1. The molecule has 1 N–H and O–H groups in total. The zero-order chi connectivity index (χ0) is 27.6. The highest BCUT2D eigenvalue weighted by Gasteiger charge is 2.71. The fraction of sp³-hybridized carbons (Fsp3) is 0.694. The number of fused-ring (bicyclic) bond motifs is 10. The Morgan fingerprint density at radius 2 is 1.72 bits per heavy atom. The van der Waals surface area contributed by atoms with Crippen LogP contribution < -0.4 is 0 Å². The van der Waals surface area contributed by atoms with Crippen LogP contribution in [0.2, 0.25) is 0 Å². The highest BCUT2D eigenvalue weighted by Crippen LogP contribution is 2.76. The first-order valence-electron chi connectivity index (χ1n) is 15.8. The van der Waals surface area contributed by atoms with Gasteiger partial charge in [-0.2, -0.15) is 4.99 Å². The second-order valence-corrected chi connectivity index (χ2v) is 15.9.